The Morgan fingerprint density at radius 3 is 2.92 bits per heavy atom. The van der Waals surface area contributed by atoms with Crippen LogP contribution in [0, 0.1) is 17.4 Å². The molecule has 0 aromatic carbocycles. The number of aliphatic imine (C=N–C) groups is 1. The molecule has 0 spiro atoms. The Kier molecular flexibility index (Phi) is 3.48. The Balaban J connectivity index is 2.53. The summed E-state index contributed by atoms with van der Waals surface area (Å²) in [5.74, 6) is 0.373. The highest BCUT2D eigenvalue weighted by Gasteiger charge is 2.28. The van der Waals surface area contributed by atoms with Crippen molar-refractivity contribution >= 4 is 6.08 Å². The van der Waals surface area contributed by atoms with Crippen LogP contribution in [0.5, 0.6) is 0 Å². The summed E-state index contributed by atoms with van der Waals surface area (Å²) in [7, 11) is 0. The first-order chi connectivity index (χ1) is 6.27. The van der Waals surface area contributed by atoms with Gasteiger partial charge in [-0.1, -0.05) is 6.92 Å². The molecule has 1 saturated carbocycles. The number of ether oxygens (including phenoxy) is 1. The van der Waals surface area contributed by atoms with Crippen molar-refractivity contribution < 1.29 is 9.53 Å². The third kappa shape index (κ3) is 2.57. The van der Waals surface area contributed by atoms with E-state index in [1.807, 2.05) is 6.92 Å². The molecule has 13 heavy (non-hydrogen) atoms. The molecule has 4 heteroatoms. The smallest absolute Gasteiger partial charge is 0.286 e. The summed E-state index contributed by atoms with van der Waals surface area (Å²) in [6, 6.07) is -0.00736. The largest absolute Gasteiger partial charge is 0.424 e. The lowest BCUT2D eigenvalue weighted by molar-refractivity contribution is 0.0651. The van der Waals surface area contributed by atoms with E-state index >= 15 is 0 Å². The van der Waals surface area contributed by atoms with E-state index in [0.717, 1.165) is 12.8 Å². The Morgan fingerprint density at radius 1 is 1.54 bits per heavy atom. The lowest BCUT2D eigenvalue weighted by Gasteiger charge is -2.29. The average molecular weight is 180 g/mol. The van der Waals surface area contributed by atoms with Gasteiger partial charge < -0.3 is 4.74 Å². The number of carbonyl (C=O) groups excluding carboxylic acids is 1. The van der Waals surface area contributed by atoms with Crippen molar-refractivity contribution in [3.63, 3.8) is 0 Å². The van der Waals surface area contributed by atoms with Gasteiger partial charge in [-0.05, 0) is 18.8 Å². The van der Waals surface area contributed by atoms with Crippen LogP contribution in [0.2, 0.25) is 0 Å². The highest BCUT2D eigenvalue weighted by molar-refractivity contribution is 5.33. The van der Waals surface area contributed by atoms with Gasteiger partial charge in [0.1, 0.15) is 6.10 Å². The van der Waals surface area contributed by atoms with Crippen LogP contribution in [0.25, 0.3) is 0 Å². The van der Waals surface area contributed by atoms with Crippen LogP contribution in [-0.2, 0) is 9.53 Å². The van der Waals surface area contributed by atoms with Crippen molar-refractivity contribution in [1.82, 2.24) is 0 Å². The molecule has 1 rings (SSSR count). The van der Waals surface area contributed by atoms with Crippen LogP contribution in [0.3, 0.4) is 0 Å². The zero-order valence-corrected chi connectivity index (χ0v) is 7.56. The summed E-state index contributed by atoms with van der Waals surface area (Å²) < 4.78 is 4.89. The van der Waals surface area contributed by atoms with Crippen molar-refractivity contribution in [2.24, 2.45) is 10.9 Å². The van der Waals surface area contributed by atoms with Gasteiger partial charge >= 0.3 is 0 Å². The lowest BCUT2D eigenvalue weighted by atomic mass is 9.85. The Morgan fingerprint density at radius 2 is 2.31 bits per heavy atom. The molecule has 0 aromatic rings. The molecular weight excluding hydrogens is 168 g/mol. The average Bonchev–Trinajstić information content (AvgIpc) is 2.12. The summed E-state index contributed by atoms with van der Waals surface area (Å²) in [5.41, 5.74) is 0. The Labute approximate surface area is 77.2 Å². The van der Waals surface area contributed by atoms with Crippen LogP contribution < -0.4 is 0 Å². The molecule has 0 heterocycles. The van der Waals surface area contributed by atoms with Gasteiger partial charge in [-0.25, -0.2) is 9.79 Å². The second-order valence-corrected chi connectivity index (χ2v) is 3.41. The van der Waals surface area contributed by atoms with Crippen LogP contribution in [0.1, 0.15) is 26.2 Å². The summed E-state index contributed by atoms with van der Waals surface area (Å²) in [6.07, 6.45) is 5.65. The minimum atomic E-state index is -0.0825. The van der Waals surface area contributed by atoms with Gasteiger partial charge in [0.2, 0.25) is 6.08 Å². The van der Waals surface area contributed by atoms with E-state index in [4.69, 9.17) is 10.00 Å². The van der Waals surface area contributed by atoms with Gasteiger partial charge in [0.15, 0.2) is 0 Å². The highest BCUT2D eigenvalue weighted by atomic mass is 16.5. The fourth-order valence-corrected chi connectivity index (χ4v) is 1.68. The molecule has 0 saturated heterocycles. The molecule has 3 atom stereocenters. The molecule has 0 N–H and O–H groups in total. The summed E-state index contributed by atoms with van der Waals surface area (Å²) in [5, 5.41) is 8.37. The van der Waals surface area contributed by atoms with Crippen molar-refractivity contribution in [2.75, 3.05) is 0 Å². The first-order valence-electron chi connectivity index (χ1n) is 4.39. The van der Waals surface area contributed by atoms with E-state index in [-0.39, 0.29) is 12.1 Å². The monoisotopic (exact) mass is 180 g/mol. The molecule has 0 aromatic heterocycles. The van der Waals surface area contributed by atoms with Crippen LogP contribution in [0.4, 0.5) is 0 Å². The molecule has 0 radical (unpaired) electrons. The van der Waals surface area contributed by atoms with Gasteiger partial charge in [0.05, 0.1) is 6.04 Å². The van der Waals surface area contributed by atoms with E-state index < -0.39 is 0 Å². The minimum absolute atomic E-state index is 0.00736. The molecule has 1 aliphatic carbocycles. The zero-order chi connectivity index (χ0) is 9.68. The quantitative estimate of drug-likeness (QED) is 0.366. The number of nitrogens with zero attached hydrogens (tertiary/aromatic N) is 2. The molecule has 3 unspecified atom stereocenters. The second-order valence-electron chi connectivity index (χ2n) is 3.41. The van der Waals surface area contributed by atoms with Gasteiger partial charge in [-0.3, -0.25) is 0 Å². The lowest BCUT2D eigenvalue weighted by Crippen LogP contribution is -2.30. The third-order valence-corrected chi connectivity index (χ3v) is 2.53. The SMILES string of the molecule is CC1CCC(N=C=O)CC1OC#N. The third-order valence-electron chi connectivity index (χ3n) is 2.53. The summed E-state index contributed by atoms with van der Waals surface area (Å²) in [4.78, 5) is 13.7. The fraction of sp³-hybridized carbons (Fsp3) is 0.778. The van der Waals surface area contributed by atoms with Crippen molar-refractivity contribution in [1.29, 1.82) is 5.26 Å². The molecule has 4 nitrogen and oxygen atoms in total. The predicted molar refractivity (Wildman–Crippen MR) is 45.4 cm³/mol. The number of isocyanates is 1. The minimum Gasteiger partial charge on any atom is -0.424 e. The van der Waals surface area contributed by atoms with E-state index in [1.54, 1.807) is 12.3 Å². The molecule has 0 amide bonds. The molecule has 70 valence electrons. The fourth-order valence-electron chi connectivity index (χ4n) is 1.68. The van der Waals surface area contributed by atoms with Crippen LogP contribution >= 0.6 is 0 Å². The number of rotatable bonds is 2. The van der Waals surface area contributed by atoms with Crippen molar-refractivity contribution in [3.8, 4) is 6.26 Å². The standard InChI is InChI=1S/C9H12N2O2/c1-7-2-3-8(11-6-12)4-9(7)13-5-10/h7-9H,2-4H2,1H3. The zero-order valence-electron chi connectivity index (χ0n) is 7.56. The normalized spacial score (nSPS) is 32.8. The van der Waals surface area contributed by atoms with E-state index in [9.17, 15) is 4.79 Å². The van der Waals surface area contributed by atoms with Gasteiger partial charge in [0.25, 0.3) is 6.26 Å². The first kappa shape index (κ1) is 9.76. The first-order valence-corrected chi connectivity index (χ1v) is 4.39. The summed E-state index contributed by atoms with van der Waals surface area (Å²) >= 11 is 0. The maximum absolute atomic E-state index is 10.0. The van der Waals surface area contributed by atoms with E-state index in [2.05, 4.69) is 4.99 Å². The molecule has 1 aliphatic rings. The van der Waals surface area contributed by atoms with Gasteiger partial charge in [0, 0.05) is 6.42 Å². The van der Waals surface area contributed by atoms with Gasteiger partial charge in [-0.2, -0.15) is 5.26 Å². The second kappa shape index (κ2) is 4.64. The van der Waals surface area contributed by atoms with Gasteiger partial charge in [-0.15, -0.1) is 0 Å². The summed E-state index contributed by atoms with van der Waals surface area (Å²) in [6.45, 7) is 2.04. The molecule has 0 bridgehead atoms. The molecule has 0 aliphatic heterocycles. The van der Waals surface area contributed by atoms with Crippen LogP contribution in [0.15, 0.2) is 4.99 Å². The highest BCUT2D eigenvalue weighted by Crippen LogP contribution is 2.28. The maximum Gasteiger partial charge on any atom is 0.286 e. The van der Waals surface area contributed by atoms with E-state index in [1.165, 1.54) is 0 Å². The number of nitriles is 1. The molecular formula is C9H12N2O2. The maximum atomic E-state index is 10.0. The topological polar surface area (TPSA) is 62.4 Å². The Bertz CT molecular complexity index is 253. The van der Waals surface area contributed by atoms with Crippen molar-refractivity contribution in [2.45, 2.75) is 38.3 Å². The van der Waals surface area contributed by atoms with Crippen molar-refractivity contribution in [3.05, 3.63) is 0 Å². The van der Waals surface area contributed by atoms with E-state index in [0.29, 0.717) is 12.3 Å². The predicted octanol–water partition coefficient (Wildman–Crippen LogP) is 1.38. The number of hydrogen-bond acceptors (Lipinski definition) is 4. The number of hydrogen-bond donors (Lipinski definition) is 0. The Hall–Kier alpha value is -1.33. The molecule has 1 fully saturated rings. The van der Waals surface area contributed by atoms with Crippen LogP contribution in [-0.4, -0.2) is 18.2 Å².